The molecule has 1 heterocycles. The fourth-order valence-corrected chi connectivity index (χ4v) is 5.12. The number of sulfonamides is 1. The lowest BCUT2D eigenvalue weighted by molar-refractivity contribution is -0.118. The summed E-state index contributed by atoms with van der Waals surface area (Å²) in [6.07, 6.45) is 0.230. The molecule has 0 radical (unpaired) electrons. The lowest BCUT2D eigenvalue weighted by Crippen LogP contribution is -2.45. The van der Waals surface area contributed by atoms with Gasteiger partial charge in [-0.1, -0.05) is 12.1 Å². The topological polar surface area (TPSA) is 126 Å². The van der Waals surface area contributed by atoms with Crippen LogP contribution in [0, 0.1) is 0 Å². The summed E-state index contributed by atoms with van der Waals surface area (Å²) in [5, 5.41) is 7.08. The standard InChI is InChI=1S/C24H28N4O5S2/c1-24(2,3)28-35(31,32)19-11-7-17(8-12-19)26-22(29)20(27-23(30)21-14-34-15-25-21)13-16-5-9-18(33-4)10-6-16/h5-12,14-15,20,28H,13H2,1-4H3,(H,26,29)(H,27,30). The van der Waals surface area contributed by atoms with Crippen LogP contribution >= 0.6 is 11.3 Å². The second-order valence-corrected chi connectivity index (χ2v) is 11.2. The van der Waals surface area contributed by atoms with E-state index in [2.05, 4.69) is 20.3 Å². The van der Waals surface area contributed by atoms with E-state index in [1.807, 2.05) is 12.1 Å². The van der Waals surface area contributed by atoms with Gasteiger partial charge < -0.3 is 15.4 Å². The van der Waals surface area contributed by atoms with Gasteiger partial charge >= 0.3 is 0 Å². The van der Waals surface area contributed by atoms with Crippen LogP contribution in [0.3, 0.4) is 0 Å². The molecule has 1 aromatic heterocycles. The number of amides is 2. The molecule has 0 fully saturated rings. The van der Waals surface area contributed by atoms with Gasteiger partial charge in [0.05, 0.1) is 17.5 Å². The molecule has 1 atom stereocenters. The molecule has 2 amide bonds. The third kappa shape index (κ3) is 7.61. The molecule has 0 aliphatic heterocycles. The van der Waals surface area contributed by atoms with E-state index in [-0.39, 0.29) is 17.0 Å². The Bertz CT molecular complexity index is 1250. The molecule has 0 bridgehead atoms. The van der Waals surface area contributed by atoms with Gasteiger partial charge in [0.2, 0.25) is 15.9 Å². The van der Waals surface area contributed by atoms with Crippen LogP contribution in [0.25, 0.3) is 0 Å². The first-order chi connectivity index (χ1) is 16.5. The summed E-state index contributed by atoms with van der Waals surface area (Å²) in [5.41, 5.74) is 2.35. The number of hydrogen-bond acceptors (Lipinski definition) is 7. The Morgan fingerprint density at radius 2 is 1.71 bits per heavy atom. The van der Waals surface area contributed by atoms with Crippen molar-refractivity contribution in [1.29, 1.82) is 0 Å². The summed E-state index contributed by atoms with van der Waals surface area (Å²) in [7, 11) is -2.14. The smallest absolute Gasteiger partial charge is 0.271 e. The highest BCUT2D eigenvalue weighted by molar-refractivity contribution is 7.89. The van der Waals surface area contributed by atoms with Gasteiger partial charge in [0, 0.05) is 23.0 Å². The van der Waals surface area contributed by atoms with E-state index in [1.54, 1.807) is 45.4 Å². The van der Waals surface area contributed by atoms with Gasteiger partial charge in [-0.2, -0.15) is 0 Å². The molecule has 0 saturated carbocycles. The van der Waals surface area contributed by atoms with Crippen molar-refractivity contribution < 1.29 is 22.7 Å². The number of carbonyl (C=O) groups excluding carboxylic acids is 2. The Balaban J connectivity index is 1.76. The number of thiazole rings is 1. The molecule has 0 aliphatic carbocycles. The third-order valence-electron chi connectivity index (χ3n) is 4.76. The number of benzene rings is 2. The van der Waals surface area contributed by atoms with E-state index >= 15 is 0 Å². The van der Waals surface area contributed by atoms with E-state index in [0.29, 0.717) is 11.4 Å². The molecule has 186 valence electrons. The fraction of sp³-hybridized carbons (Fsp3) is 0.292. The predicted molar refractivity (Wildman–Crippen MR) is 135 cm³/mol. The molecule has 11 heteroatoms. The second kappa shape index (κ2) is 11.0. The van der Waals surface area contributed by atoms with Crippen LogP contribution in [0.5, 0.6) is 5.75 Å². The summed E-state index contributed by atoms with van der Waals surface area (Å²) < 4.78 is 32.8. The number of nitrogens with zero attached hydrogens (tertiary/aromatic N) is 1. The van der Waals surface area contributed by atoms with Crippen molar-refractivity contribution in [3.8, 4) is 5.75 Å². The highest BCUT2D eigenvalue weighted by Crippen LogP contribution is 2.18. The lowest BCUT2D eigenvalue weighted by atomic mass is 10.0. The first kappa shape index (κ1) is 26.3. The molecular weight excluding hydrogens is 488 g/mol. The molecule has 0 aliphatic rings. The van der Waals surface area contributed by atoms with E-state index in [4.69, 9.17) is 4.74 Å². The molecule has 3 rings (SSSR count). The summed E-state index contributed by atoms with van der Waals surface area (Å²) in [6.45, 7) is 5.26. The number of anilines is 1. The Hall–Kier alpha value is -3.28. The average Bonchev–Trinajstić information content (AvgIpc) is 3.33. The summed E-state index contributed by atoms with van der Waals surface area (Å²) in [6, 6.07) is 12.1. The Morgan fingerprint density at radius 3 is 2.26 bits per heavy atom. The van der Waals surface area contributed by atoms with Crippen LogP contribution in [0.15, 0.2) is 64.3 Å². The largest absolute Gasteiger partial charge is 0.497 e. The van der Waals surface area contributed by atoms with Crippen LogP contribution in [0.4, 0.5) is 5.69 Å². The number of aromatic nitrogens is 1. The monoisotopic (exact) mass is 516 g/mol. The first-order valence-corrected chi connectivity index (χ1v) is 13.2. The summed E-state index contributed by atoms with van der Waals surface area (Å²) >= 11 is 1.28. The summed E-state index contributed by atoms with van der Waals surface area (Å²) in [4.78, 5) is 29.8. The van der Waals surface area contributed by atoms with Gasteiger partial charge in [-0.3, -0.25) is 9.59 Å². The van der Waals surface area contributed by atoms with E-state index < -0.39 is 33.4 Å². The van der Waals surface area contributed by atoms with Crippen molar-refractivity contribution in [2.75, 3.05) is 12.4 Å². The van der Waals surface area contributed by atoms with Crippen molar-refractivity contribution in [2.45, 2.75) is 43.7 Å². The Labute approximate surface area is 209 Å². The zero-order valence-electron chi connectivity index (χ0n) is 19.9. The molecule has 35 heavy (non-hydrogen) atoms. The number of nitrogens with one attached hydrogen (secondary N) is 3. The van der Waals surface area contributed by atoms with Crippen molar-refractivity contribution >= 4 is 38.9 Å². The molecule has 1 unspecified atom stereocenters. The number of carbonyl (C=O) groups is 2. The van der Waals surface area contributed by atoms with Crippen molar-refractivity contribution in [1.82, 2.24) is 15.0 Å². The molecule has 3 aromatic rings. The Kier molecular flexibility index (Phi) is 8.26. The third-order valence-corrected chi connectivity index (χ3v) is 7.12. The first-order valence-electron chi connectivity index (χ1n) is 10.7. The molecule has 0 saturated heterocycles. The Morgan fingerprint density at radius 1 is 1.06 bits per heavy atom. The van der Waals surface area contributed by atoms with Crippen LogP contribution in [-0.2, 0) is 21.2 Å². The van der Waals surface area contributed by atoms with Gasteiger partial charge in [0.25, 0.3) is 5.91 Å². The highest BCUT2D eigenvalue weighted by Gasteiger charge is 2.24. The lowest BCUT2D eigenvalue weighted by Gasteiger charge is -2.21. The van der Waals surface area contributed by atoms with Gasteiger partial charge in [0.1, 0.15) is 17.5 Å². The van der Waals surface area contributed by atoms with Gasteiger partial charge in [0.15, 0.2) is 0 Å². The average molecular weight is 517 g/mol. The van der Waals surface area contributed by atoms with Gasteiger partial charge in [-0.25, -0.2) is 18.1 Å². The number of methoxy groups -OCH3 is 1. The number of ether oxygens (including phenoxy) is 1. The SMILES string of the molecule is COc1ccc(CC(NC(=O)c2cscn2)C(=O)Nc2ccc(S(=O)(=O)NC(C)(C)C)cc2)cc1. The normalized spacial score (nSPS) is 12.6. The second-order valence-electron chi connectivity index (χ2n) is 8.82. The molecular formula is C24H28N4O5S2. The molecule has 3 N–H and O–H groups in total. The zero-order valence-corrected chi connectivity index (χ0v) is 21.5. The van der Waals surface area contributed by atoms with Crippen LogP contribution in [-0.4, -0.2) is 43.9 Å². The minimum Gasteiger partial charge on any atom is -0.497 e. The van der Waals surface area contributed by atoms with Crippen molar-refractivity contribution in [2.24, 2.45) is 0 Å². The number of hydrogen-bond donors (Lipinski definition) is 3. The van der Waals surface area contributed by atoms with Gasteiger partial charge in [-0.05, 0) is 62.7 Å². The molecule has 0 spiro atoms. The van der Waals surface area contributed by atoms with Crippen LogP contribution in [0.1, 0.15) is 36.8 Å². The minimum absolute atomic E-state index is 0.0806. The maximum Gasteiger partial charge on any atom is 0.271 e. The maximum absolute atomic E-state index is 13.1. The van der Waals surface area contributed by atoms with E-state index in [9.17, 15) is 18.0 Å². The number of rotatable bonds is 9. The van der Waals surface area contributed by atoms with Crippen LogP contribution < -0.4 is 20.1 Å². The molecule has 2 aromatic carbocycles. The van der Waals surface area contributed by atoms with E-state index in [0.717, 1.165) is 5.56 Å². The van der Waals surface area contributed by atoms with Crippen LogP contribution in [0.2, 0.25) is 0 Å². The molecule has 9 nitrogen and oxygen atoms in total. The summed E-state index contributed by atoms with van der Waals surface area (Å²) in [5.74, 6) is -0.236. The fourth-order valence-electron chi connectivity index (χ4n) is 3.17. The van der Waals surface area contributed by atoms with Gasteiger partial charge in [-0.15, -0.1) is 11.3 Å². The minimum atomic E-state index is -3.70. The van der Waals surface area contributed by atoms with Crippen molar-refractivity contribution in [3.63, 3.8) is 0 Å². The highest BCUT2D eigenvalue weighted by atomic mass is 32.2. The zero-order chi connectivity index (χ0) is 25.6. The van der Waals surface area contributed by atoms with Crippen molar-refractivity contribution in [3.05, 3.63) is 70.7 Å². The quantitative estimate of drug-likeness (QED) is 0.401. The van der Waals surface area contributed by atoms with E-state index in [1.165, 1.54) is 41.1 Å². The maximum atomic E-state index is 13.1. The predicted octanol–water partition coefficient (Wildman–Crippen LogP) is 3.21.